The number of aromatic nitrogens is 1. The highest BCUT2D eigenvalue weighted by molar-refractivity contribution is 9.10. The minimum atomic E-state index is -3.62. The molecule has 0 spiro atoms. The first kappa shape index (κ1) is 13.8. The molecule has 0 amide bonds. The highest BCUT2D eigenvalue weighted by Gasteiger charge is 2.14. The molecular weight excluding hydrogens is 332 g/mol. The molecule has 0 saturated heterocycles. The molecule has 0 radical (unpaired) electrons. The second-order valence-electron chi connectivity index (χ2n) is 3.67. The largest absolute Gasteiger partial charge is 0.497 e. The van der Waals surface area contributed by atoms with E-state index < -0.39 is 10.0 Å². The Labute approximate surface area is 119 Å². The van der Waals surface area contributed by atoms with Gasteiger partial charge in [0.1, 0.15) is 5.75 Å². The van der Waals surface area contributed by atoms with E-state index in [2.05, 4.69) is 25.6 Å². The Kier molecular flexibility index (Phi) is 4.06. The number of rotatable bonds is 4. The SMILES string of the molecule is COc1ccc(S(=O)(=O)Nc2cncc(Br)c2)cc1. The standard InChI is InChI=1S/C12H11BrN2O3S/c1-18-11-2-4-12(5-3-11)19(16,17)15-10-6-9(13)7-14-8-10/h2-8,15H,1H3. The summed E-state index contributed by atoms with van der Waals surface area (Å²) in [7, 11) is -2.10. The van der Waals surface area contributed by atoms with Gasteiger partial charge in [0, 0.05) is 10.7 Å². The molecule has 0 aliphatic carbocycles. The monoisotopic (exact) mass is 342 g/mol. The summed E-state index contributed by atoms with van der Waals surface area (Å²) in [5.41, 5.74) is 0.394. The summed E-state index contributed by atoms with van der Waals surface area (Å²) in [6.07, 6.45) is 3.01. The molecule has 1 aromatic heterocycles. The molecule has 0 fully saturated rings. The quantitative estimate of drug-likeness (QED) is 0.927. The molecule has 2 rings (SSSR count). The van der Waals surface area contributed by atoms with Gasteiger partial charge in [-0.1, -0.05) is 0 Å². The first-order valence-corrected chi connectivity index (χ1v) is 7.56. The van der Waals surface area contributed by atoms with Crippen molar-refractivity contribution in [2.24, 2.45) is 0 Å². The number of hydrogen-bond acceptors (Lipinski definition) is 4. The van der Waals surface area contributed by atoms with Crippen molar-refractivity contribution in [2.75, 3.05) is 11.8 Å². The molecule has 5 nitrogen and oxygen atoms in total. The zero-order chi connectivity index (χ0) is 13.9. The van der Waals surface area contributed by atoms with Crippen molar-refractivity contribution < 1.29 is 13.2 Å². The summed E-state index contributed by atoms with van der Waals surface area (Å²) in [5.74, 6) is 0.600. The third-order valence-electron chi connectivity index (χ3n) is 2.33. The molecular formula is C12H11BrN2O3S. The fraction of sp³-hybridized carbons (Fsp3) is 0.0833. The zero-order valence-electron chi connectivity index (χ0n) is 10.00. The maximum atomic E-state index is 12.1. The number of anilines is 1. The van der Waals surface area contributed by atoms with Crippen LogP contribution in [-0.2, 0) is 10.0 Å². The van der Waals surface area contributed by atoms with E-state index in [1.807, 2.05) is 0 Å². The first-order valence-electron chi connectivity index (χ1n) is 5.29. The Hall–Kier alpha value is -1.60. The van der Waals surface area contributed by atoms with Gasteiger partial charge in [-0.2, -0.15) is 0 Å². The lowest BCUT2D eigenvalue weighted by molar-refractivity contribution is 0.414. The van der Waals surface area contributed by atoms with E-state index in [9.17, 15) is 8.42 Å². The Bertz CT molecular complexity index is 672. The second kappa shape index (κ2) is 5.58. The maximum Gasteiger partial charge on any atom is 0.261 e. The van der Waals surface area contributed by atoms with Crippen molar-refractivity contribution in [3.8, 4) is 5.75 Å². The van der Waals surface area contributed by atoms with E-state index >= 15 is 0 Å². The molecule has 1 aromatic carbocycles. The van der Waals surface area contributed by atoms with Crippen LogP contribution in [0.2, 0.25) is 0 Å². The second-order valence-corrected chi connectivity index (χ2v) is 6.27. The first-order chi connectivity index (χ1) is 9.01. The Balaban J connectivity index is 2.27. The van der Waals surface area contributed by atoms with Gasteiger partial charge >= 0.3 is 0 Å². The van der Waals surface area contributed by atoms with Crippen molar-refractivity contribution in [2.45, 2.75) is 4.90 Å². The molecule has 0 bridgehead atoms. The van der Waals surface area contributed by atoms with Gasteiger partial charge in [0.2, 0.25) is 0 Å². The van der Waals surface area contributed by atoms with Crippen LogP contribution in [0, 0.1) is 0 Å². The van der Waals surface area contributed by atoms with E-state index in [0.717, 1.165) is 0 Å². The van der Waals surface area contributed by atoms with E-state index in [1.165, 1.54) is 25.4 Å². The average molecular weight is 343 g/mol. The lowest BCUT2D eigenvalue weighted by Gasteiger charge is -2.08. The van der Waals surface area contributed by atoms with Crippen LogP contribution in [0.15, 0.2) is 52.1 Å². The molecule has 2 aromatic rings. The fourth-order valence-electron chi connectivity index (χ4n) is 1.44. The van der Waals surface area contributed by atoms with Crippen LogP contribution in [0.5, 0.6) is 5.75 Å². The summed E-state index contributed by atoms with van der Waals surface area (Å²) >= 11 is 3.23. The molecule has 19 heavy (non-hydrogen) atoms. The van der Waals surface area contributed by atoms with E-state index in [-0.39, 0.29) is 4.90 Å². The van der Waals surface area contributed by atoms with Crippen molar-refractivity contribution in [1.82, 2.24) is 4.98 Å². The predicted molar refractivity (Wildman–Crippen MR) is 75.7 cm³/mol. The van der Waals surface area contributed by atoms with Crippen molar-refractivity contribution >= 4 is 31.6 Å². The van der Waals surface area contributed by atoms with Gasteiger partial charge in [-0.05, 0) is 46.3 Å². The Morgan fingerprint density at radius 1 is 1.21 bits per heavy atom. The molecule has 0 aliphatic rings. The number of nitrogens with zero attached hydrogens (tertiary/aromatic N) is 1. The average Bonchev–Trinajstić information content (AvgIpc) is 2.38. The third-order valence-corrected chi connectivity index (χ3v) is 4.16. The fourth-order valence-corrected chi connectivity index (χ4v) is 2.84. The molecule has 1 N–H and O–H groups in total. The smallest absolute Gasteiger partial charge is 0.261 e. The van der Waals surface area contributed by atoms with Crippen LogP contribution in [0.25, 0.3) is 0 Å². The Morgan fingerprint density at radius 3 is 2.47 bits per heavy atom. The minimum Gasteiger partial charge on any atom is -0.497 e. The molecule has 1 heterocycles. The molecule has 0 atom stereocenters. The van der Waals surface area contributed by atoms with Gasteiger partial charge in [0.05, 0.1) is 23.9 Å². The van der Waals surface area contributed by atoms with Gasteiger partial charge in [0.25, 0.3) is 10.0 Å². The van der Waals surface area contributed by atoms with Gasteiger partial charge in [-0.25, -0.2) is 8.42 Å². The number of sulfonamides is 1. The molecule has 0 saturated carbocycles. The third kappa shape index (κ3) is 3.45. The highest BCUT2D eigenvalue weighted by atomic mass is 79.9. The van der Waals surface area contributed by atoms with Crippen molar-refractivity contribution in [3.63, 3.8) is 0 Å². The maximum absolute atomic E-state index is 12.1. The lowest BCUT2D eigenvalue weighted by atomic mass is 10.3. The van der Waals surface area contributed by atoms with Gasteiger partial charge < -0.3 is 4.74 Å². The number of benzene rings is 1. The van der Waals surface area contributed by atoms with Crippen LogP contribution in [0.4, 0.5) is 5.69 Å². The summed E-state index contributed by atoms with van der Waals surface area (Å²) in [6.45, 7) is 0. The number of hydrogen-bond donors (Lipinski definition) is 1. The summed E-state index contributed by atoms with van der Waals surface area (Å²) in [4.78, 5) is 4.06. The number of ether oxygens (including phenoxy) is 1. The van der Waals surface area contributed by atoms with Crippen LogP contribution in [0.1, 0.15) is 0 Å². The van der Waals surface area contributed by atoms with Crippen LogP contribution in [0.3, 0.4) is 0 Å². The Morgan fingerprint density at radius 2 is 1.89 bits per heavy atom. The highest BCUT2D eigenvalue weighted by Crippen LogP contribution is 2.20. The van der Waals surface area contributed by atoms with Crippen LogP contribution in [-0.4, -0.2) is 20.5 Å². The van der Waals surface area contributed by atoms with E-state index in [4.69, 9.17) is 4.74 Å². The minimum absolute atomic E-state index is 0.160. The number of pyridine rings is 1. The number of methoxy groups -OCH3 is 1. The topological polar surface area (TPSA) is 68.3 Å². The lowest BCUT2D eigenvalue weighted by Crippen LogP contribution is -2.13. The van der Waals surface area contributed by atoms with Gasteiger partial charge in [-0.3, -0.25) is 9.71 Å². The summed E-state index contributed by atoms with van der Waals surface area (Å²) in [5, 5.41) is 0. The van der Waals surface area contributed by atoms with E-state index in [0.29, 0.717) is 15.9 Å². The van der Waals surface area contributed by atoms with Crippen molar-refractivity contribution in [1.29, 1.82) is 0 Å². The van der Waals surface area contributed by atoms with Crippen molar-refractivity contribution in [3.05, 3.63) is 47.2 Å². The zero-order valence-corrected chi connectivity index (χ0v) is 12.4. The molecule has 0 aliphatic heterocycles. The predicted octanol–water partition coefficient (Wildman–Crippen LogP) is 2.65. The van der Waals surface area contributed by atoms with Crippen LogP contribution >= 0.6 is 15.9 Å². The van der Waals surface area contributed by atoms with E-state index in [1.54, 1.807) is 24.4 Å². The summed E-state index contributed by atoms with van der Waals surface area (Å²) < 4.78 is 32.4. The molecule has 100 valence electrons. The normalized spacial score (nSPS) is 11.1. The molecule has 0 unspecified atom stereocenters. The molecule has 7 heteroatoms. The van der Waals surface area contributed by atoms with Gasteiger partial charge in [-0.15, -0.1) is 0 Å². The summed E-state index contributed by atoms with van der Waals surface area (Å²) in [6, 6.07) is 7.77. The van der Waals surface area contributed by atoms with Crippen LogP contribution < -0.4 is 9.46 Å². The number of nitrogens with one attached hydrogen (secondary N) is 1. The number of halogens is 1. The van der Waals surface area contributed by atoms with Gasteiger partial charge in [0.15, 0.2) is 0 Å².